The van der Waals surface area contributed by atoms with Gasteiger partial charge in [0.2, 0.25) is 0 Å². The van der Waals surface area contributed by atoms with Gasteiger partial charge in [0.1, 0.15) is 5.76 Å². The number of anilines is 1. The smallest absolute Gasteiger partial charge is 0.292 e. The fraction of sp³-hybridized carbons (Fsp3) is 0.667. The molecule has 2 saturated heterocycles. The highest BCUT2D eigenvalue weighted by molar-refractivity contribution is 5.23. The van der Waals surface area contributed by atoms with Crippen LogP contribution in [0.25, 0.3) is 0 Å². The van der Waals surface area contributed by atoms with E-state index in [1.54, 1.807) is 6.20 Å². The number of rotatable bonds is 1. The van der Waals surface area contributed by atoms with Crippen LogP contribution < -0.4 is 5.73 Å². The fourth-order valence-electron chi connectivity index (χ4n) is 2.58. The van der Waals surface area contributed by atoms with E-state index >= 15 is 0 Å². The minimum Gasteiger partial charge on any atom is -0.428 e. The maximum atomic E-state index is 5.48. The summed E-state index contributed by atoms with van der Waals surface area (Å²) in [5.74, 6) is 0.991. The summed E-state index contributed by atoms with van der Waals surface area (Å²) in [7, 11) is 0. The Hall–Kier alpha value is -1.03. The molecule has 2 bridgehead atoms. The molecule has 0 radical (unpaired) electrons. The third-order valence-corrected chi connectivity index (χ3v) is 3.39. The van der Waals surface area contributed by atoms with Crippen molar-refractivity contribution >= 4 is 6.01 Å². The van der Waals surface area contributed by atoms with E-state index < -0.39 is 0 Å². The van der Waals surface area contributed by atoms with Crippen LogP contribution in [0.15, 0.2) is 10.6 Å². The van der Waals surface area contributed by atoms with Crippen molar-refractivity contribution in [2.45, 2.75) is 18.3 Å². The summed E-state index contributed by atoms with van der Waals surface area (Å²) in [6.07, 6.45) is 4.19. The zero-order valence-electron chi connectivity index (χ0n) is 7.49. The zero-order chi connectivity index (χ0) is 8.89. The Kier molecular flexibility index (Phi) is 1.28. The minimum absolute atomic E-state index is 0.241. The number of hydrogen-bond donors (Lipinski definition) is 1. The van der Waals surface area contributed by atoms with Crippen molar-refractivity contribution in [1.29, 1.82) is 0 Å². The van der Waals surface area contributed by atoms with Crippen LogP contribution in [-0.2, 0) is 5.41 Å². The number of oxazole rings is 1. The first-order valence-corrected chi connectivity index (χ1v) is 4.73. The normalized spacial score (nSPS) is 37.1. The first-order valence-electron chi connectivity index (χ1n) is 4.73. The van der Waals surface area contributed by atoms with Crippen LogP contribution in [0.1, 0.15) is 18.6 Å². The summed E-state index contributed by atoms with van der Waals surface area (Å²) in [6, 6.07) is 0.301. The second-order valence-corrected chi connectivity index (χ2v) is 4.12. The average molecular weight is 179 g/mol. The topological polar surface area (TPSA) is 55.3 Å². The molecule has 2 N–H and O–H groups in total. The highest BCUT2D eigenvalue weighted by Crippen LogP contribution is 2.43. The van der Waals surface area contributed by atoms with Gasteiger partial charge in [-0.1, -0.05) is 0 Å². The van der Waals surface area contributed by atoms with Gasteiger partial charge < -0.3 is 15.1 Å². The lowest BCUT2D eigenvalue weighted by Crippen LogP contribution is -2.23. The molecule has 0 unspecified atom stereocenters. The second-order valence-electron chi connectivity index (χ2n) is 4.12. The van der Waals surface area contributed by atoms with Gasteiger partial charge in [-0.15, -0.1) is 0 Å². The summed E-state index contributed by atoms with van der Waals surface area (Å²) >= 11 is 0. The fourth-order valence-corrected chi connectivity index (χ4v) is 2.58. The molecule has 3 heterocycles. The van der Waals surface area contributed by atoms with Crippen LogP contribution in [0.4, 0.5) is 6.01 Å². The quantitative estimate of drug-likeness (QED) is 0.686. The molecule has 0 spiro atoms. The standard InChI is InChI=1S/C9H13N3O/c10-8-11-5-7(13-8)9-1-3-12(6-9)4-2-9/h5H,1-4,6H2,(H2,10,11). The lowest BCUT2D eigenvalue weighted by atomic mass is 9.83. The molecule has 0 aromatic carbocycles. The third-order valence-electron chi connectivity index (χ3n) is 3.39. The molecule has 1 aromatic heterocycles. The number of nitrogens with zero attached hydrogens (tertiary/aromatic N) is 2. The van der Waals surface area contributed by atoms with Crippen molar-refractivity contribution in [3.8, 4) is 0 Å². The number of aromatic nitrogens is 1. The monoisotopic (exact) mass is 179 g/mol. The molecule has 4 nitrogen and oxygen atoms in total. The summed E-state index contributed by atoms with van der Waals surface area (Å²) < 4.78 is 5.43. The Bertz CT molecular complexity index is 325. The van der Waals surface area contributed by atoms with Gasteiger partial charge in [0.05, 0.1) is 6.20 Å². The summed E-state index contributed by atoms with van der Waals surface area (Å²) in [5.41, 5.74) is 5.72. The van der Waals surface area contributed by atoms with Gasteiger partial charge >= 0.3 is 0 Å². The predicted octanol–water partition coefficient (Wildman–Crippen LogP) is 0.604. The highest BCUT2D eigenvalue weighted by atomic mass is 16.4. The number of nitrogen functional groups attached to an aromatic ring is 1. The van der Waals surface area contributed by atoms with E-state index in [-0.39, 0.29) is 5.41 Å². The average Bonchev–Trinajstić information content (AvgIpc) is 2.77. The van der Waals surface area contributed by atoms with Gasteiger partial charge in [-0.3, -0.25) is 0 Å². The van der Waals surface area contributed by atoms with Crippen molar-refractivity contribution in [1.82, 2.24) is 9.88 Å². The molecule has 1 aromatic rings. The lowest BCUT2D eigenvalue weighted by molar-refractivity contribution is 0.346. The van der Waals surface area contributed by atoms with Gasteiger partial charge in [0, 0.05) is 12.0 Å². The first kappa shape index (κ1) is 7.38. The van der Waals surface area contributed by atoms with Gasteiger partial charge in [-0.25, -0.2) is 4.98 Å². The van der Waals surface area contributed by atoms with Crippen LogP contribution in [0.3, 0.4) is 0 Å². The van der Waals surface area contributed by atoms with E-state index in [2.05, 4.69) is 9.88 Å². The molecule has 2 aliphatic heterocycles. The lowest BCUT2D eigenvalue weighted by Gasteiger charge is -2.21. The van der Waals surface area contributed by atoms with Crippen LogP contribution >= 0.6 is 0 Å². The molecule has 0 saturated carbocycles. The third kappa shape index (κ3) is 0.920. The molecular formula is C9H13N3O. The molecule has 2 aliphatic rings. The van der Waals surface area contributed by atoms with E-state index in [4.69, 9.17) is 10.2 Å². The largest absolute Gasteiger partial charge is 0.428 e. The molecule has 4 heteroatoms. The molecule has 2 fully saturated rings. The maximum absolute atomic E-state index is 5.48. The number of hydrogen-bond acceptors (Lipinski definition) is 4. The van der Waals surface area contributed by atoms with Crippen molar-refractivity contribution in [2.75, 3.05) is 25.4 Å². The van der Waals surface area contributed by atoms with Crippen LogP contribution in [-0.4, -0.2) is 29.5 Å². The van der Waals surface area contributed by atoms with E-state index in [9.17, 15) is 0 Å². The number of piperidine rings is 1. The number of fused-ring (bicyclic) bond motifs is 2. The molecular weight excluding hydrogens is 166 g/mol. The molecule has 3 rings (SSSR count). The Morgan fingerprint density at radius 3 is 2.69 bits per heavy atom. The van der Waals surface area contributed by atoms with Gasteiger partial charge in [0.25, 0.3) is 6.01 Å². The minimum atomic E-state index is 0.241. The Balaban J connectivity index is 2.00. The van der Waals surface area contributed by atoms with Crippen LogP contribution in [0, 0.1) is 0 Å². The molecule has 13 heavy (non-hydrogen) atoms. The van der Waals surface area contributed by atoms with Crippen molar-refractivity contribution < 1.29 is 4.42 Å². The molecule has 0 amide bonds. The van der Waals surface area contributed by atoms with Gasteiger partial charge in [0.15, 0.2) is 0 Å². The van der Waals surface area contributed by atoms with E-state index in [1.807, 2.05) is 0 Å². The van der Waals surface area contributed by atoms with Crippen LogP contribution in [0.2, 0.25) is 0 Å². The summed E-state index contributed by atoms with van der Waals surface area (Å²) in [6.45, 7) is 3.52. The van der Waals surface area contributed by atoms with E-state index in [0.717, 1.165) is 12.3 Å². The van der Waals surface area contributed by atoms with Crippen LogP contribution in [0.5, 0.6) is 0 Å². The first-order chi connectivity index (χ1) is 6.28. The summed E-state index contributed by atoms with van der Waals surface area (Å²) in [5, 5.41) is 0. The van der Waals surface area contributed by atoms with E-state index in [0.29, 0.717) is 6.01 Å². The molecule has 70 valence electrons. The second kappa shape index (κ2) is 2.26. The molecule has 0 atom stereocenters. The Labute approximate surface area is 76.7 Å². The summed E-state index contributed by atoms with van der Waals surface area (Å²) in [4.78, 5) is 6.44. The van der Waals surface area contributed by atoms with Gasteiger partial charge in [-0.2, -0.15) is 0 Å². The Morgan fingerprint density at radius 2 is 2.23 bits per heavy atom. The highest BCUT2D eigenvalue weighted by Gasteiger charge is 2.47. The van der Waals surface area contributed by atoms with Crippen molar-refractivity contribution in [3.05, 3.63) is 12.0 Å². The predicted molar refractivity (Wildman–Crippen MR) is 48.3 cm³/mol. The maximum Gasteiger partial charge on any atom is 0.292 e. The molecule has 0 aliphatic carbocycles. The van der Waals surface area contributed by atoms with Gasteiger partial charge in [-0.05, 0) is 25.9 Å². The van der Waals surface area contributed by atoms with Crippen molar-refractivity contribution in [2.24, 2.45) is 0 Å². The Morgan fingerprint density at radius 1 is 1.46 bits per heavy atom. The van der Waals surface area contributed by atoms with Crippen molar-refractivity contribution in [3.63, 3.8) is 0 Å². The van der Waals surface area contributed by atoms with E-state index in [1.165, 1.54) is 25.9 Å². The number of nitrogens with two attached hydrogens (primary N) is 1. The zero-order valence-corrected chi connectivity index (χ0v) is 7.49. The SMILES string of the molecule is Nc1ncc(C23CCN(CC2)C3)o1.